The van der Waals surface area contributed by atoms with E-state index in [4.69, 9.17) is 9.47 Å². The van der Waals surface area contributed by atoms with Crippen molar-refractivity contribution >= 4 is 0 Å². The zero-order valence-electron chi connectivity index (χ0n) is 12.3. The van der Waals surface area contributed by atoms with Gasteiger partial charge in [-0.05, 0) is 48.5 Å². The molecule has 1 N–H and O–H groups in total. The highest BCUT2D eigenvalue weighted by Gasteiger charge is 2.62. The summed E-state index contributed by atoms with van der Waals surface area (Å²) in [7, 11) is 1.73. The molecule has 1 spiro atoms. The second-order valence-corrected chi connectivity index (χ2v) is 7.25. The molecule has 6 atom stereocenters. The molecule has 0 aromatic carbocycles. The number of aliphatic hydroxyl groups excluding tert-OH is 1. The topological polar surface area (TPSA) is 38.7 Å². The minimum Gasteiger partial charge on any atom is -0.393 e. The fourth-order valence-corrected chi connectivity index (χ4v) is 4.99. The molecule has 1 aliphatic heterocycles. The van der Waals surface area contributed by atoms with Crippen LogP contribution in [0.5, 0.6) is 0 Å². The van der Waals surface area contributed by atoms with E-state index in [0.29, 0.717) is 18.4 Å². The molecule has 0 bridgehead atoms. The molecule has 3 rings (SSSR count). The van der Waals surface area contributed by atoms with Gasteiger partial charge in [0.2, 0.25) is 0 Å². The highest BCUT2D eigenvalue weighted by molar-refractivity contribution is 5.23. The Morgan fingerprint density at radius 1 is 1.42 bits per heavy atom. The van der Waals surface area contributed by atoms with Crippen molar-refractivity contribution in [3.63, 3.8) is 0 Å². The molecular formula is C16H26O3. The van der Waals surface area contributed by atoms with E-state index in [0.717, 1.165) is 25.7 Å². The standard InChI is InChI=1S/C16H26O3/c1-10-5-13(17)6-12-7-16(9-15(10,12)3)11(2)8-19-14(16)18-4/h10,12-14,17H,2,5-9H2,1,3-4H3/t10-,12+,13+,14?,15+,16+/m0/s1. The molecule has 1 saturated heterocycles. The molecular weight excluding hydrogens is 240 g/mol. The van der Waals surface area contributed by atoms with Crippen LogP contribution in [-0.4, -0.2) is 31.2 Å². The Morgan fingerprint density at radius 2 is 2.16 bits per heavy atom. The molecule has 0 aromatic heterocycles. The average Bonchev–Trinajstić information content (AvgIpc) is 2.80. The summed E-state index contributed by atoms with van der Waals surface area (Å²) in [6.07, 6.45) is 3.71. The van der Waals surface area contributed by atoms with Gasteiger partial charge in [0.25, 0.3) is 0 Å². The van der Waals surface area contributed by atoms with Crippen molar-refractivity contribution in [2.24, 2.45) is 22.7 Å². The van der Waals surface area contributed by atoms with E-state index in [1.807, 2.05) is 0 Å². The van der Waals surface area contributed by atoms with Crippen molar-refractivity contribution in [1.29, 1.82) is 0 Å². The molecule has 0 radical (unpaired) electrons. The van der Waals surface area contributed by atoms with Gasteiger partial charge in [0.15, 0.2) is 6.29 Å². The van der Waals surface area contributed by atoms with Crippen LogP contribution in [-0.2, 0) is 9.47 Å². The van der Waals surface area contributed by atoms with Gasteiger partial charge < -0.3 is 14.6 Å². The highest BCUT2D eigenvalue weighted by atomic mass is 16.7. The van der Waals surface area contributed by atoms with Crippen LogP contribution in [0, 0.1) is 22.7 Å². The van der Waals surface area contributed by atoms with Crippen molar-refractivity contribution in [2.75, 3.05) is 13.7 Å². The average molecular weight is 266 g/mol. The van der Waals surface area contributed by atoms with E-state index in [9.17, 15) is 5.11 Å². The molecule has 3 nitrogen and oxygen atoms in total. The summed E-state index contributed by atoms with van der Waals surface area (Å²) < 4.78 is 11.4. The second-order valence-electron chi connectivity index (χ2n) is 7.25. The number of fused-ring (bicyclic) bond motifs is 1. The lowest BCUT2D eigenvalue weighted by Crippen LogP contribution is -2.39. The summed E-state index contributed by atoms with van der Waals surface area (Å²) in [5, 5.41) is 10.1. The maximum absolute atomic E-state index is 10.1. The maximum Gasteiger partial charge on any atom is 0.166 e. The van der Waals surface area contributed by atoms with Crippen molar-refractivity contribution in [3.8, 4) is 0 Å². The number of rotatable bonds is 1. The number of hydrogen-bond donors (Lipinski definition) is 1. The predicted molar refractivity (Wildman–Crippen MR) is 73.6 cm³/mol. The summed E-state index contributed by atoms with van der Waals surface area (Å²) >= 11 is 0. The summed E-state index contributed by atoms with van der Waals surface area (Å²) in [4.78, 5) is 0. The van der Waals surface area contributed by atoms with E-state index >= 15 is 0 Å². The van der Waals surface area contributed by atoms with Gasteiger partial charge in [-0.3, -0.25) is 0 Å². The third-order valence-electron chi connectivity index (χ3n) is 6.33. The molecule has 3 heteroatoms. The molecule has 2 aliphatic carbocycles. The van der Waals surface area contributed by atoms with Gasteiger partial charge in [-0.2, -0.15) is 0 Å². The lowest BCUT2D eigenvalue weighted by Gasteiger charge is -2.44. The van der Waals surface area contributed by atoms with E-state index in [2.05, 4.69) is 20.4 Å². The van der Waals surface area contributed by atoms with Gasteiger partial charge in [-0.15, -0.1) is 0 Å². The molecule has 108 valence electrons. The van der Waals surface area contributed by atoms with E-state index in [1.54, 1.807) is 7.11 Å². The molecule has 3 aliphatic rings. The zero-order valence-corrected chi connectivity index (χ0v) is 12.3. The first-order valence-electron chi connectivity index (χ1n) is 7.43. The summed E-state index contributed by atoms with van der Waals surface area (Å²) in [6.45, 7) is 9.55. The van der Waals surface area contributed by atoms with Crippen molar-refractivity contribution < 1.29 is 14.6 Å². The number of ether oxygens (including phenoxy) is 2. The summed E-state index contributed by atoms with van der Waals surface area (Å²) in [5.74, 6) is 1.11. The van der Waals surface area contributed by atoms with E-state index in [-0.39, 0.29) is 23.2 Å². The highest BCUT2D eigenvalue weighted by Crippen LogP contribution is 2.66. The number of hydrogen-bond acceptors (Lipinski definition) is 3. The lowest BCUT2D eigenvalue weighted by molar-refractivity contribution is -0.141. The van der Waals surface area contributed by atoms with Gasteiger partial charge in [0.05, 0.1) is 12.7 Å². The normalized spacial score (nSPS) is 53.8. The second kappa shape index (κ2) is 4.31. The van der Waals surface area contributed by atoms with E-state index in [1.165, 1.54) is 5.57 Å². The SMILES string of the molecule is C=C1COC(OC)[C@@]12C[C@H]1C[C@H](O)C[C@H](C)[C@@]1(C)C2. The quantitative estimate of drug-likeness (QED) is 0.742. The zero-order chi connectivity index (χ0) is 13.8. The Bertz CT molecular complexity index is 393. The van der Waals surface area contributed by atoms with Crippen LogP contribution >= 0.6 is 0 Å². The van der Waals surface area contributed by atoms with Gasteiger partial charge in [0, 0.05) is 12.5 Å². The van der Waals surface area contributed by atoms with Crippen LogP contribution in [0.3, 0.4) is 0 Å². The molecule has 19 heavy (non-hydrogen) atoms. The Morgan fingerprint density at radius 3 is 2.84 bits per heavy atom. The molecule has 1 unspecified atom stereocenters. The van der Waals surface area contributed by atoms with Crippen LogP contribution in [0.15, 0.2) is 12.2 Å². The maximum atomic E-state index is 10.1. The first kappa shape index (κ1) is 13.6. The van der Waals surface area contributed by atoms with Crippen molar-refractivity contribution in [3.05, 3.63) is 12.2 Å². The van der Waals surface area contributed by atoms with Crippen LogP contribution < -0.4 is 0 Å². The van der Waals surface area contributed by atoms with E-state index < -0.39 is 0 Å². The van der Waals surface area contributed by atoms with Gasteiger partial charge >= 0.3 is 0 Å². The minimum absolute atomic E-state index is 0.0213. The monoisotopic (exact) mass is 266 g/mol. The predicted octanol–water partition coefficient (Wildman–Crippen LogP) is 2.74. The van der Waals surface area contributed by atoms with Crippen LogP contribution in [0.25, 0.3) is 0 Å². The van der Waals surface area contributed by atoms with Crippen molar-refractivity contribution in [1.82, 2.24) is 0 Å². The summed E-state index contributed by atoms with van der Waals surface area (Å²) in [6, 6.07) is 0. The first-order chi connectivity index (χ1) is 8.92. The van der Waals surface area contributed by atoms with Crippen LogP contribution in [0.4, 0.5) is 0 Å². The third kappa shape index (κ3) is 1.75. The summed E-state index contributed by atoms with van der Waals surface area (Å²) in [5.41, 5.74) is 1.45. The minimum atomic E-state index is -0.147. The number of methoxy groups -OCH3 is 1. The van der Waals surface area contributed by atoms with Crippen LogP contribution in [0.2, 0.25) is 0 Å². The van der Waals surface area contributed by atoms with Gasteiger partial charge in [-0.25, -0.2) is 0 Å². The molecule has 0 aromatic rings. The smallest absolute Gasteiger partial charge is 0.166 e. The molecule has 0 amide bonds. The third-order valence-corrected chi connectivity index (χ3v) is 6.33. The van der Waals surface area contributed by atoms with Gasteiger partial charge in [-0.1, -0.05) is 20.4 Å². The van der Waals surface area contributed by atoms with Gasteiger partial charge in [0.1, 0.15) is 0 Å². The molecule has 1 heterocycles. The first-order valence-corrected chi connectivity index (χ1v) is 7.43. The lowest BCUT2D eigenvalue weighted by atomic mass is 9.62. The van der Waals surface area contributed by atoms with Crippen molar-refractivity contribution in [2.45, 2.75) is 51.9 Å². The molecule has 3 fully saturated rings. The Hall–Kier alpha value is -0.380. The Balaban J connectivity index is 1.94. The Kier molecular flexibility index (Phi) is 3.08. The Labute approximate surface area is 116 Å². The van der Waals surface area contributed by atoms with Crippen LogP contribution in [0.1, 0.15) is 39.5 Å². The fraction of sp³-hybridized carbons (Fsp3) is 0.875. The fourth-order valence-electron chi connectivity index (χ4n) is 4.99. The molecule has 2 saturated carbocycles. The number of aliphatic hydroxyl groups is 1. The largest absolute Gasteiger partial charge is 0.393 e.